The first-order chi connectivity index (χ1) is 10.7. The average molecular weight is 319 g/mol. The van der Waals surface area contributed by atoms with Gasteiger partial charge in [0.1, 0.15) is 0 Å². The monoisotopic (exact) mass is 319 g/mol. The average Bonchev–Trinajstić information content (AvgIpc) is 3.00. The maximum Gasteiger partial charge on any atom is 0.230 e. The van der Waals surface area contributed by atoms with Crippen molar-refractivity contribution in [1.29, 1.82) is 0 Å². The molecule has 0 saturated carbocycles. The van der Waals surface area contributed by atoms with E-state index in [1.54, 1.807) is 4.68 Å². The lowest BCUT2D eigenvalue weighted by molar-refractivity contribution is -0.118. The van der Waals surface area contributed by atoms with E-state index in [1.165, 1.54) is 30.2 Å². The Kier molecular flexibility index (Phi) is 6.39. The second-order valence-electron chi connectivity index (χ2n) is 4.89. The predicted molar refractivity (Wildman–Crippen MR) is 87.2 cm³/mol. The minimum absolute atomic E-state index is 0.0167. The van der Waals surface area contributed by atoms with Crippen molar-refractivity contribution in [3.05, 3.63) is 29.8 Å². The molecule has 2 rings (SSSR count). The van der Waals surface area contributed by atoms with Gasteiger partial charge in [0.2, 0.25) is 11.1 Å². The summed E-state index contributed by atoms with van der Waals surface area (Å²) in [6.45, 7) is 4.71. The van der Waals surface area contributed by atoms with Crippen LogP contribution in [-0.2, 0) is 11.2 Å². The first-order valence-electron chi connectivity index (χ1n) is 7.51. The van der Waals surface area contributed by atoms with E-state index in [-0.39, 0.29) is 5.91 Å². The molecule has 0 aliphatic rings. The van der Waals surface area contributed by atoms with Gasteiger partial charge in [-0.05, 0) is 47.9 Å². The third kappa shape index (κ3) is 4.56. The van der Waals surface area contributed by atoms with Crippen LogP contribution in [0, 0.1) is 0 Å². The zero-order valence-corrected chi connectivity index (χ0v) is 13.8. The van der Waals surface area contributed by atoms with Crippen LogP contribution < -0.4 is 5.32 Å². The van der Waals surface area contributed by atoms with Gasteiger partial charge in [0.15, 0.2) is 0 Å². The number of tetrazole rings is 1. The van der Waals surface area contributed by atoms with Crippen molar-refractivity contribution in [2.24, 2.45) is 0 Å². The highest BCUT2D eigenvalue weighted by Gasteiger charge is 2.11. The second-order valence-corrected chi connectivity index (χ2v) is 5.83. The first-order valence-corrected chi connectivity index (χ1v) is 8.50. The van der Waals surface area contributed by atoms with Crippen LogP contribution in [-0.4, -0.2) is 38.4 Å². The van der Waals surface area contributed by atoms with Crippen molar-refractivity contribution in [2.75, 3.05) is 12.3 Å². The number of nitrogens with zero attached hydrogens (tertiary/aromatic N) is 4. The number of thioether (sulfide) groups is 1. The molecule has 0 aliphatic carbocycles. The molecule has 0 saturated heterocycles. The lowest BCUT2D eigenvalue weighted by atomic mass is 10.1. The largest absolute Gasteiger partial charge is 0.356 e. The summed E-state index contributed by atoms with van der Waals surface area (Å²) in [4.78, 5) is 11.5. The highest BCUT2D eigenvalue weighted by atomic mass is 32.2. The molecular formula is C15H21N5OS. The Morgan fingerprint density at radius 1 is 1.27 bits per heavy atom. The fourth-order valence-corrected chi connectivity index (χ4v) is 2.71. The maximum atomic E-state index is 11.5. The van der Waals surface area contributed by atoms with E-state index < -0.39 is 0 Å². The third-order valence-electron chi connectivity index (χ3n) is 3.15. The molecular weight excluding hydrogens is 298 g/mol. The highest BCUT2D eigenvalue weighted by molar-refractivity contribution is 7.99. The molecule has 1 N–H and O–H groups in total. The molecule has 0 bridgehead atoms. The minimum Gasteiger partial charge on any atom is -0.356 e. The molecule has 1 aromatic carbocycles. The van der Waals surface area contributed by atoms with Crippen LogP contribution >= 0.6 is 11.8 Å². The summed E-state index contributed by atoms with van der Waals surface area (Å²) in [5, 5.41) is 15.1. The molecule has 2 aromatic rings. The molecule has 22 heavy (non-hydrogen) atoms. The van der Waals surface area contributed by atoms with Crippen molar-refractivity contribution >= 4 is 17.7 Å². The van der Waals surface area contributed by atoms with E-state index in [9.17, 15) is 4.79 Å². The van der Waals surface area contributed by atoms with Gasteiger partial charge in [-0.1, -0.05) is 37.2 Å². The van der Waals surface area contributed by atoms with Crippen molar-refractivity contribution in [3.63, 3.8) is 0 Å². The summed E-state index contributed by atoms with van der Waals surface area (Å²) in [5.41, 5.74) is 2.22. The Morgan fingerprint density at radius 3 is 2.73 bits per heavy atom. The zero-order valence-electron chi connectivity index (χ0n) is 13.0. The first kappa shape index (κ1) is 16.5. The number of carbonyl (C=O) groups excluding carboxylic acids is 1. The third-order valence-corrected chi connectivity index (χ3v) is 4.07. The van der Waals surface area contributed by atoms with Crippen LogP contribution in [0.15, 0.2) is 29.4 Å². The molecule has 0 spiro atoms. The molecule has 0 aliphatic heterocycles. The summed E-state index contributed by atoms with van der Waals surface area (Å²) in [6, 6.07) is 8.23. The summed E-state index contributed by atoms with van der Waals surface area (Å²) in [6.07, 6.45) is 3.47. The highest BCUT2D eigenvalue weighted by Crippen LogP contribution is 2.18. The van der Waals surface area contributed by atoms with Gasteiger partial charge in [-0.2, -0.15) is 4.68 Å². The fourth-order valence-electron chi connectivity index (χ4n) is 1.99. The molecule has 0 atom stereocenters. The number of aromatic nitrogens is 4. The van der Waals surface area contributed by atoms with Gasteiger partial charge in [-0.25, -0.2) is 0 Å². The number of amides is 1. The van der Waals surface area contributed by atoms with Crippen molar-refractivity contribution < 1.29 is 4.79 Å². The van der Waals surface area contributed by atoms with Gasteiger partial charge in [0.25, 0.3) is 0 Å². The van der Waals surface area contributed by atoms with E-state index in [0.29, 0.717) is 17.5 Å². The molecule has 1 heterocycles. The second kappa shape index (κ2) is 8.53. The molecule has 7 heteroatoms. The maximum absolute atomic E-state index is 11.5. The molecule has 118 valence electrons. The fraction of sp³-hybridized carbons (Fsp3) is 0.467. The Hall–Kier alpha value is -1.89. The van der Waals surface area contributed by atoms with Crippen LogP contribution in [0.1, 0.15) is 32.3 Å². The van der Waals surface area contributed by atoms with Crippen LogP contribution in [0.3, 0.4) is 0 Å². The van der Waals surface area contributed by atoms with Crippen LogP contribution in [0.5, 0.6) is 0 Å². The number of carbonyl (C=O) groups is 1. The Bertz CT molecular complexity index is 596. The van der Waals surface area contributed by atoms with Gasteiger partial charge >= 0.3 is 0 Å². The van der Waals surface area contributed by atoms with E-state index in [0.717, 1.165) is 12.1 Å². The standard InChI is InChI=1S/C15H21N5OS/c1-3-5-6-12-7-9-13(10-8-12)20-15(17-18-19-20)22-11-14(21)16-4-2/h7-10H,3-6,11H2,1-2H3,(H,16,21). The topological polar surface area (TPSA) is 72.7 Å². The van der Waals surface area contributed by atoms with Crippen LogP contribution in [0.2, 0.25) is 0 Å². The Labute approximate surface area is 134 Å². The lowest BCUT2D eigenvalue weighted by Crippen LogP contribution is -2.24. The predicted octanol–water partition coefficient (Wildman–Crippen LogP) is 2.23. The smallest absolute Gasteiger partial charge is 0.230 e. The van der Waals surface area contributed by atoms with Gasteiger partial charge in [-0.3, -0.25) is 4.79 Å². The van der Waals surface area contributed by atoms with E-state index in [4.69, 9.17) is 0 Å². The molecule has 1 aromatic heterocycles. The van der Waals surface area contributed by atoms with Gasteiger partial charge in [0, 0.05) is 6.54 Å². The molecule has 0 fully saturated rings. The molecule has 0 radical (unpaired) electrons. The number of benzene rings is 1. The zero-order chi connectivity index (χ0) is 15.8. The van der Waals surface area contributed by atoms with Gasteiger partial charge in [-0.15, -0.1) is 5.10 Å². The number of hydrogen-bond donors (Lipinski definition) is 1. The molecule has 0 unspecified atom stereocenters. The quantitative estimate of drug-likeness (QED) is 0.755. The summed E-state index contributed by atoms with van der Waals surface area (Å²) < 4.78 is 1.66. The van der Waals surface area contributed by atoms with Crippen molar-refractivity contribution in [2.45, 2.75) is 38.3 Å². The van der Waals surface area contributed by atoms with Crippen molar-refractivity contribution in [3.8, 4) is 5.69 Å². The van der Waals surface area contributed by atoms with Crippen LogP contribution in [0.4, 0.5) is 0 Å². The number of nitrogens with one attached hydrogen (secondary N) is 1. The summed E-state index contributed by atoms with van der Waals surface area (Å²) in [5.74, 6) is 0.292. The Balaban J connectivity index is 2.03. The number of aryl methyl sites for hydroxylation is 1. The summed E-state index contributed by atoms with van der Waals surface area (Å²) in [7, 11) is 0. The number of unbranched alkanes of at least 4 members (excludes halogenated alkanes) is 1. The normalized spacial score (nSPS) is 10.6. The molecule has 6 nitrogen and oxygen atoms in total. The summed E-state index contributed by atoms with van der Waals surface area (Å²) >= 11 is 1.33. The molecule has 1 amide bonds. The van der Waals surface area contributed by atoms with Gasteiger partial charge in [0.05, 0.1) is 11.4 Å². The number of hydrogen-bond acceptors (Lipinski definition) is 5. The number of rotatable bonds is 8. The Morgan fingerprint density at radius 2 is 2.05 bits per heavy atom. The van der Waals surface area contributed by atoms with E-state index in [2.05, 4.69) is 39.9 Å². The lowest BCUT2D eigenvalue weighted by Gasteiger charge is -2.06. The van der Waals surface area contributed by atoms with Crippen LogP contribution in [0.25, 0.3) is 5.69 Å². The minimum atomic E-state index is -0.0167. The van der Waals surface area contributed by atoms with Gasteiger partial charge < -0.3 is 5.32 Å². The van der Waals surface area contributed by atoms with Crippen molar-refractivity contribution in [1.82, 2.24) is 25.5 Å². The van der Waals surface area contributed by atoms with E-state index in [1.807, 2.05) is 19.1 Å². The van der Waals surface area contributed by atoms with E-state index >= 15 is 0 Å². The SMILES string of the molecule is CCCCc1ccc(-n2nnnc2SCC(=O)NCC)cc1.